The normalized spacial score (nSPS) is 12.3. The van der Waals surface area contributed by atoms with Gasteiger partial charge in [-0.1, -0.05) is 18.3 Å². The molecule has 0 aliphatic rings. The molecule has 11 heteroatoms. The minimum atomic E-state index is -3.60. The van der Waals surface area contributed by atoms with Crippen molar-refractivity contribution in [3.63, 3.8) is 0 Å². The van der Waals surface area contributed by atoms with Crippen molar-refractivity contribution in [2.45, 2.75) is 11.3 Å². The van der Waals surface area contributed by atoms with E-state index in [0.717, 1.165) is 7.11 Å². The van der Waals surface area contributed by atoms with Crippen molar-refractivity contribution in [2.75, 3.05) is 27.0 Å². The SMILES string of the molecule is CCS(=O)(=O)c1nn(C(=O)OC)c(=NC(=O)N(C)C)s1. The third kappa shape index (κ3) is 3.42. The van der Waals surface area contributed by atoms with Crippen LogP contribution < -0.4 is 4.80 Å². The zero-order valence-corrected chi connectivity index (χ0v) is 13.0. The topological polar surface area (TPSA) is 111 Å². The lowest BCUT2D eigenvalue weighted by atomic mass is 10.8. The van der Waals surface area contributed by atoms with Crippen LogP contribution in [0.15, 0.2) is 9.33 Å². The fraction of sp³-hybridized carbons (Fsp3) is 0.556. The van der Waals surface area contributed by atoms with Gasteiger partial charge in [0.1, 0.15) is 0 Å². The molecule has 1 rings (SSSR count). The highest BCUT2D eigenvalue weighted by atomic mass is 32.2. The molecule has 0 atom stereocenters. The van der Waals surface area contributed by atoms with Crippen LogP contribution in [0.3, 0.4) is 0 Å². The lowest BCUT2D eigenvalue weighted by Gasteiger charge is -2.03. The molecule has 1 aromatic rings. The summed E-state index contributed by atoms with van der Waals surface area (Å²) in [5, 5.41) is 3.64. The van der Waals surface area contributed by atoms with E-state index in [4.69, 9.17) is 0 Å². The van der Waals surface area contributed by atoms with E-state index in [1.807, 2.05) is 0 Å². The molecule has 0 radical (unpaired) electrons. The summed E-state index contributed by atoms with van der Waals surface area (Å²) in [6.07, 6.45) is -0.927. The van der Waals surface area contributed by atoms with Crippen LogP contribution in [0.4, 0.5) is 9.59 Å². The molecule has 1 heterocycles. The molecule has 0 N–H and O–H groups in total. The van der Waals surface area contributed by atoms with Crippen LogP contribution in [0.5, 0.6) is 0 Å². The van der Waals surface area contributed by atoms with E-state index < -0.39 is 22.0 Å². The molecule has 2 amide bonds. The molecule has 0 saturated carbocycles. The van der Waals surface area contributed by atoms with Crippen molar-refractivity contribution >= 4 is 33.3 Å². The molecule has 20 heavy (non-hydrogen) atoms. The third-order valence-corrected chi connectivity index (χ3v) is 5.20. The van der Waals surface area contributed by atoms with E-state index in [2.05, 4.69) is 14.8 Å². The number of rotatable bonds is 2. The Bertz CT molecular complexity index is 685. The molecule has 0 unspecified atom stereocenters. The van der Waals surface area contributed by atoms with Crippen molar-refractivity contribution in [1.82, 2.24) is 14.7 Å². The summed E-state index contributed by atoms with van der Waals surface area (Å²) in [7, 11) is 0.450. The molecule has 1 aromatic heterocycles. The van der Waals surface area contributed by atoms with Gasteiger partial charge in [0.15, 0.2) is 0 Å². The monoisotopic (exact) mass is 322 g/mol. The van der Waals surface area contributed by atoms with Crippen LogP contribution in [0.2, 0.25) is 0 Å². The Kier molecular flexibility index (Phi) is 5.00. The van der Waals surface area contributed by atoms with E-state index in [1.165, 1.54) is 25.9 Å². The van der Waals surface area contributed by atoms with Crippen LogP contribution >= 0.6 is 11.3 Å². The first kappa shape index (κ1) is 16.3. The van der Waals surface area contributed by atoms with Crippen LogP contribution in [-0.2, 0) is 14.6 Å². The van der Waals surface area contributed by atoms with Gasteiger partial charge in [0.2, 0.25) is 19.0 Å². The molecule has 9 nitrogen and oxygen atoms in total. The number of carbonyl (C=O) groups is 2. The Labute approximate surface area is 119 Å². The summed E-state index contributed by atoms with van der Waals surface area (Å²) < 4.78 is 28.3. The Morgan fingerprint density at radius 1 is 1.45 bits per heavy atom. The molecule has 0 aliphatic heterocycles. The number of hydrogen-bond donors (Lipinski definition) is 0. The zero-order chi connectivity index (χ0) is 15.5. The lowest BCUT2D eigenvalue weighted by Crippen LogP contribution is -2.28. The second-order valence-electron chi connectivity index (χ2n) is 3.72. The molecule has 112 valence electrons. The highest BCUT2D eigenvalue weighted by Crippen LogP contribution is 2.10. The standard InChI is InChI=1S/C9H14N4O5S2/c1-5-20(16,17)8-11-13(9(15)18-4)7(19-8)10-6(14)12(2)3/h5H2,1-4H3. The molecular formula is C9H14N4O5S2. The third-order valence-electron chi connectivity index (χ3n) is 2.11. The Balaban J connectivity index is 3.50. The Hall–Kier alpha value is -1.75. The smallest absolute Gasteiger partial charge is 0.437 e. The predicted octanol–water partition coefficient (Wildman–Crippen LogP) is -0.0650. The number of carbonyl (C=O) groups excluding carboxylic acids is 2. The molecular weight excluding hydrogens is 308 g/mol. The molecule has 0 bridgehead atoms. The van der Waals surface area contributed by atoms with Gasteiger partial charge in [0, 0.05) is 14.1 Å². The van der Waals surface area contributed by atoms with Crippen molar-refractivity contribution in [2.24, 2.45) is 4.99 Å². The summed E-state index contributed by atoms with van der Waals surface area (Å²) in [5.74, 6) is -0.178. The van der Waals surface area contributed by atoms with Crippen molar-refractivity contribution in [3.05, 3.63) is 4.80 Å². The lowest BCUT2D eigenvalue weighted by molar-refractivity contribution is 0.167. The van der Waals surface area contributed by atoms with Gasteiger partial charge in [-0.2, -0.15) is 4.99 Å². The van der Waals surface area contributed by atoms with Gasteiger partial charge in [-0.15, -0.1) is 9.78 Å². The summed E-state index contributed by atoms with van der Waals surface area (Å²) in [6, 6.07) is -0.647. The Morgan fingerprint density at radius 2 is 2.05 bits per heavy atom. The van der Waals surface area contributed by atoms with Crippen LogP contribution in [0.25, 0.3) is 0 Å². The van der Waals surface area contributed by atoms with Gasteiger partial charge in [0.25, 0.3) is 0 Å². The number of aromatic nitrogens is 2. The zero-order valence-electron chi connectivity index (χ0n) is 11.4. The van der Waals surface area contributed by atoms with Gasteiger partial charge in [-0.25, -0.2) is 18.0 Å². The first-order valence-corrected chi connectivity index (χ1v) is 7.87. The maximum Gasteiger partial charge on any atom is 0.437 e. The quantitative estimate of drug-likeness (QED) is 0.754. The van der Waals surface area contributed by atoms with E-state index in [0.29, 0.717) is 16.0 Å². The Morgan fingerprint density at radius 3 is 2.50 bits per heavy atom. The maximum atomic E-state index is 11.7. The predicted molar refractivity (Wildman–Crippen MR) is 70.3 cm³/mol. The summed E-state index contributed by atoms with van der Waals surface area (Å²) in [4.78, 5) is 27.7. The highest BCUT2D eigenvalue weighted by Gasteiger charge is 2.22. The van der Waals surface area contributed by atoms with E-state index in [-0.39, 0.29) is 14.9 Å². The van der Waals surface area contributed by atoms with Crippen molar-refractivity contribution in [1.29, 1.82) is 0 Å². The molecule has 0 aromatic carbocycles. The first-order valence-electron chi connectivity index (χ1n) is 5.40. The number of amides is 2. The summed E-state index contributed by atoms with van der Waals surface area (Å²) in [6.45, 7) is 1.45. The highest BCUT2D eigenvalue weighted by molar-refractivity contribution is 7.93. The van der Waals surface area contributed by atoms with Gasteiger partial charge in [-0.3, -0.25) is 0 Å². The number of urea groups is 1. The number of methoxy groups -OCH3 is 1. The van der Waals surface area contributed by atoms with Crippen molar-refractivity contribution in [3.8, 4) is 0 Å². The number of ether oxygens (including phenoxy) is 1. The summed E-state index contributed by atoms with van der Waals surface area (Å²) >= 11 is 0.629. The largest absolute Gasteiger partial charge is 0.451 e. The minimum Gasteiger partial charge on any atom is -0.451 e. The maximum absolute atomic E-state index is 11.7. The average molecular weight is 322 g/mol. The first-order chi connectivity index (χ1) is 9.22. The van der Waals surface area contributed by atoms with Gasteiger partial charge < -0.3 is 9.64 Å². The van der Waals surface area contributed by atoms with Crippen molar-refractivity contribution < 1.29 is 22.7 Å². The summed E-state index contributed by atoms with van der Waals surface area (Å²) in [5.41, 5.74) is 0. The fourth-order valence-corrected chi connectivity index (χ4v) is 3.11. The average Bonchev–Trinajstić information content (AvgIpc) is 2.82. The number of sulfone groups is 1. The second kappa shape index (κ2) is 6.13. The van der Waals surface area contributed by atoms with Crippen LogP contribution in [0, 0.1) is 0 Å². The molecule has 0 saturated heterocycles. The molecule has 0 spiro atoms. The van der Waals surface area contributed by atoms with E-state index >= 15 is 0 Å². The van der Waals surface area contributed by atoms with Crippen LogP contribution in [0.1, 0.15) is 6.92 Å². The second-order valence-corrected chi connectivity index (χ2v) is 7.13. The molecule has 0 aliphatic carbocycles. The van der Waals surface area contributed by atoms with Gasteiger partial charge in [0.05, 0.1) is 12.9 Å². The fourth-order valence-electron chi connectivity index (χ4n) is 0.973. The number of nitrogens with zero attached hydrogens (tertiary/aromatic N) is 4. The van der Waals surface area contributed by atoms with Gasteiger partial charge >= 0.3 is 12.1 Å². The molecule has 0 fully saturated rings. The minimum absolute atomic E-state index is 0.164. The van der Waals surface area contributed by atoms with E-state index in [9.17, 15) is 18.0 Å². The number of hydrogen-bond acceptors (Lipinski definition) is 7. The van der Waals surface area contributed by atoms with Crippen LogP contribution in [-0.4, -0.2) is 62.2 Å². The van der Waals surface area contributed by atoms with Gasteiger partial charge in [-0.05, 0) is 0 Å². The van der Waals surface area contributed by atoms with E-state index in [1.54, 1.807) is 0 Å².